The van der Waals surface area contributed by atoms with E-state index in [4.69, 9.17) is 4.74 Å². The average molecular weight is 270 g/mol. The van der Waals surface area contributed by atoms with Crippen molar-refractivity contribution in [3.63, 3.8) is 0 Å². The van der Waals surface area contributed by atoms with Crippen LogP contribution >= 0.6 is 0 Å². The first-order valence-electron chi connectivity index (χ1n) is 6.15. The number of pyridine rings is 1. The molecule has 1 heterocycles. The Bertz CT molecular complexity index is 496. The molecule has 1 fully saturated rings. The molecule has 1 aromatic rings. The maximum absolute atomic E-state index is 12.2. The molecule has 0 radical (unpaired) electrons. The van der Waals surface area contributed by atoms with E-state index in [0.29, 0.717) is 0 Å². The molecule has 100 valence electrons. The molecule has 0 atom stereocenters. The van der Waals surface area contributed by atoms with Crippen molar-refractivity contribution in [3.8, 4) is 5.88 Å². The molecule has 0 unspecified atom stereocenters. The molecule has 0 aromatic carbocycles. The van der Waals surface area contributed by atoms with Gasteiger partial charge in [0.05, 0.1) is 7.11 Å². The zero-order chi connectivity index (χ0) is 13.0. The first-order chi connectivity index (χ1) is 8.63. The highest BCUT2D eigenvalue weighted by molar-refractivity contribution is 7.89. The Morgan fingerprint density at radius 3 is 2.72 bits per heavy atom. The summed E-state index contributed by atoms with van der Waals surface area (Å²) in [5.41, 5.74) is 0. The van der Waals surface area contributed by atoms with Crippen molar-refractivity contribution in [2.45, 2.75) is 43.0 Å². The van der Waals surface area contributed by atoms with Crippen LogP contribution in [0.4, 0.5) is 0 Å². The van der Waals surface area contributed by atoms with Crippen molar-refractivity contribution in [1.29, 1.82) is 0 Å². The van der Waals surface area contributed by atoms with Gasteiger partial charge in [-0.25, -0.2) is 18.1 Å². The van der Waals surface area contributed by atoms with Gasteiger partial charge < -0.3 is 4.74 Å². The van der Waals surface area contributed by atoms with E-state index in [1.807, 2.05) is 0 Å². The van der Waals surface area contributed by atoms with Crippen molar-refractivity contribution < 1.29 is 13.2 Å². The molecule has 1 aromatic heterocycles. The van der Waals surface area contributed by atoms with Crippen molar-refractivity contribution in [2.24, 2.45) is 0 Å². The number of hydrogen-bond donors (Lipinski definition) is 1. The first kappa shape index (κ1) is 13.3. The molecule has 5 nitrogen and oxygen atoms in total. The summed E-state index contributed by atoms with van der Waals surface area (Å²) in [5.74, 6) is 0.140. The number of ether oxygens (including phenoxy) is 1. The summed E-state index contributed by atoms with van der Waals surface area (Å²) in [4.78, 5) is 4.02. The Labute approximate surface area is 108 Å². The Kier molecular flexibility index (Phi) is 4.19. The topological polar surface area (TPSA) is 68.3 Å². The van der Waals surface area contributed by atoms with Crippen LogP contribution < -0.4 is 9.46 Å². The third-order valence-electron chi connectivity index (χ3n) is 3.15. The van der Waals surface area contributed by atoms with Crippen molar-refractivity contribution in [1.82, 2.24) is 9.71 Å². The van der Waals surface area contributed by atoms with Crippen molar-refractivity contribution in [2.75, 3.05) is 7.11 Å². The van der Waals surface area contributed by atoms with Gasteiger partial charge >= 0.3 is 0 Å². The quantitative estimate of drug-likeness (QED) is 0.904. The van der Waals surface area contributed by atoms with Gasteiger partial charge in [0, 0.05) is 12.2 Å². The summed E-state index contributed by atoms with van der Waals surface area (Å²) in [6.07, 6.45) is 6.67. The van der Waals surface area contributed by atoms with Crippen LogP contribution in [-0.2, 0) is 10.0 Å². The molecule has 18 heavy (non-hydrogen) atoms. The molecular weight excluding hydrogens is 252 g/mol. The second-order valence-corrected chi connectivity index (χ2v) is 6.15. The van der Waals surface area contributed by atoms with Crippen LogP contribution in [0, 0.1) is 0 Å². The Balaban J connectivity index is 2.19. The third kappa shape index (κ3) is 3.00. The number of sulfonamides is 1. The average Bonchev–Trinajstić information content (AvgIpc) is 2.39. The standard InChI is InChI=1S/C12H18N2O3S/c1-17-12-11(8-5-9-13-12)18(15,16)14-10-6-3-2-4-7-10/h5,8-10,14H,2-4,6-7H2,1H3. The number of nitrogens with one attached hydrogen (secondary N) is 1. The van der Waals surface area contributed by atoms with E-state index in [1.54, 1.807) is 6.07 Å². The maximum Gasteiger partial charge on any atom is 0.246 e. The number of nitrogens with zero attached hydrogens (tertiary/aromatic N) is 1. The van der Waals surface area contributed by atoms with Gasteiger partial charge in [-0.3, -0.25) is 0 Å². The third-order valence-corrected chi connectivity index (χ3v) is 4.68. The summed E-state index contributed by atoms with van der Waals surface area (Å²) in [6.45, 7) is 0. The minimum atomic E-state index is -3.54. The van der Waals surface area contributed by atoms with Gasteiger partial charge in [0.15, 0.2) is 0 Å². The van der Waals surface area contributed by atoms with Crippen molar-refractivity contribution >= 4 is 10.0 Å². The second kappa shape index (κ2) is 5.67. The lowest BCUT2D eigenvalue weighted by atomic mass is 9.96. The van der Waals surface area contributed by atoms with Crippen LogP contribution in [0.2, 0.25) is 0 Å². The fourth-order valence-corrected chi connectivity index (χ4v) is 3.66. The summed E-state index contributed by atoms with van der Waals surface area (Å²) >= 11 is 0. The summed E-state index contributed by atoms with van der Waals surface area (Å²) in [5, 5.41) is 0. The maximum atomic E-state index is 12.2. The van der Waals surface area contributed by atoms with Gasteiger partial charge in [0.2, 0.25) is 15.9 Å². The molecule has 1 N–H and O–H groups in total. The fourth-order valence-electron chi connectivity index (χ4n) is 2.24. The lowest BCUT2D eigenvalue weighted by molar-refractivity contribution is 0.382. The summed E-state index contributed by atoms with van der Waals surface area (Å²) in [7, 11) is -2.12. The normalized spacial score (nSPS) is 17.6. The minimum Gasteiger partial charge on any atom is -0.480 e. The number of rotatable bonds is 4. The molecule has 0 saturated heterocycles. The Morgan fingerprint density at radius 1 is 1.33 bits per heavy atom. The number of hydrogen-bond acceptors (Lipinski definition) is 4. The van der Waals surface area contributed by atoms with Crippen LogP contribution in [0.3, 0.4) is 0 Å². The minimum absolute atomic E-state index is 0.0358. The van der Waals surface area contributed by atoms with E-state index in [2.05, 4.69) is 9.71 Å². The smallest absolute Gasteiger partial charge is 0.246 e. The predicted molar refractivity (Wildman–Crippen MR) is 68.0 cm³/mol. The number of methoxy groups -OCH3 is 1. The van der Waals surface area contributed by atoms with E-state index in [-0.39, 0.29) is 16.8 Å². The van der Waals surface area contributed by atoms with Crippen LogP contribution in [0.25, 0.3) is 0 Å². The van der Waals surface area contributed by atoms with E-state index in [1.165, 1.54) is 25.8 Å². The monoisotopic (exact) mass is 270 g/mol. The van der Waals surface area contributed by atoms with Gasteiger partial charge in [-0.05, 0) is 25.0 Å². The highest BCUT2D eigenvalue weighted by atomic mass is 32.2. The lowest BCUT2D eigenvalue weighted by Gasteiger charge is -2.22. The van der Waals surface area contributed by atoms with Gasteiger partial charge in [0.25, 0.3) is 0 Å². The van der Waals surface area contributed by atoms with E-state index < -0.39 is 10.0 Å². The largest absolute Gasteiger partial charge is 0.480 e. The molecule has 0 amide bonds. The molecule has 2 rings (SSSR count). The predicted octanol–water partition coefficient (Wildman–Crippen LogP) is 1.70. The van der Waals surface area contributed by atoms with E-state index in [0.717, 1.165) is 25.7 Å². The Hall–Kier alpha value is -1.14. The van der Waals surface area contributed by atoms with Crippen molar-refractivity contribution in [3.05, 3.63) is 18.3 Å². The lowest BCUT2D eigenvalue weighted by Crippen LogP contribution is -2.36. The highest BCUT2D eigenvalue weighted by Gasteiger charge is 2.24. The summed E-state index contributed by atoms with van der Waals surface area (Å²) in [6, 6.07) is 3.14. The first-order valence-corrected chi connectivity index (χ1v) is 7.63. The van der Waals surface area contributed by atoms with Gasteiger partial charge in [0.1, 0.15) is 4.90 Å². The molecule has 6 heteroatoms. The van der Waals surface area contributed by atoms with Gasteiger partial charge in [-0.2, -0.15) is 0 Å². The van der Waals surface area contributed by atoms with Crippen LogP contribution in [0.1, 0.15) is 32.1 Å². The van der Waals surface area contributed by atoms with Crippen LogP contribution in [-0.4, -0.2) is 26.6 Å². The SMILES string of the molecule is COc1ncccc1S(=O)(=O)NC1CCCCC1. The molecule has 0 aliphatic heterocycles. The Morgan fingerprint density at radius 2 is 2.06 bits per heavy atom. The fraction of sp³-hybridized carbons (Fsp3) is 0.583. The zero-order valence-corrected chi connectivity index (χ0v) is 11.2. The molecule has 1 aliphatic rings. The molecule has 0 spiro atoms. The van der Waals surface area contributed by atoms with E-state index >= 15 is 0 Å². The molecular formula is C12H18N2O3S. The molecule has 0 bridgehead atoms. The number of aromatic nitrogens is 1. The second-order valence-electron chi connectivity index (χ2n) is 4.47. The summed E-state index contributed by atoms with van der Waals surface area (Å²) < 4.78 is 32.2. The van der Waals surface area contributed by atoms with Gasteiger partial charge in [-0.1, -0.05) is 19.3 Å². The van der Waals surface area contributed by atoms with Crippen LogP contribution in [0.15, 0.2) is 23.2 Å². The van der Waals surface area contributed by atoms with Crippen LogP contribution in [0.5, 0.6) is 5.88 Å². The van der Waals surface area contributed by atoms with E-state index in [9.17, 15) is 8.42 Å². The highest BCUT2D eigenvalue weighted by Crippen LogP contribution is 2.23. The molecule has 1 aliphatic carbocycles. The molecule has 1 saturated carbocycles. The zero-order valence-electron chi connectivity index (χ0n) is 10.4. The van der Waals surface area contributed by atoms with Gasteiger partial charge in [-0.15, -0.1) is 0 Å².